The van der Waals surface area contributed by atoms with Crippen molar-refractivity contribution in [1.29, 1.82) is 0 Å². The van der Waals surface area contributed by atoms with Crippen molar-refractivity contribution in [2.24, 2.45) is 0 Å². The van der Waals surface area contributed by atoms with Crippen molar-refractivity contribution in [1.82, 2.24) is 4.90 Å². The molecule has 5 atom stereocenters. The predicted molar refractivity (Wildman–Crippen MR) is 103 cm³/mol. The van der Waals surface area contributed by atoms with E-state index in [9.17, 15) is 25.2 Å². The maximum Gasteiger partial charge on any atom is 0.221 e. The molecule has 0 aromatic rings. The quantitative estimate of drug-likeness (QED) is 0.356. The molecule has 0 aliphatic carbocycles. The average Bonchev–Trinajstić information content (AvgIpc) is 2.65. The Labute approximate surface area is 163 Å². The highest BCUT2D eigenvalue weighted by Crippen LogP contribution is 2.24. The SMILES string of the molecule is CCCCCCCCCCCCN(C(C)=O)C1O[C@H](CO)[C@@H](O)[C@H](O)[C@H]1O. The maximum absolute atomic E-state index is 12.0. The number of nitrogens with zero attached hydrogens (tertiary/aromatic N) is 1. The standard InChI is InChI=1S/C20H39NO6/c1-3-4-5-6-7-8-9-10-11-12-13-21(15(2)23)20-19(26)18(25)17(24)16(14-22)27-20/h16-20,22,24-26H,3-14H2,1-2H3/t16-,17-,18+,19-,20?/m1/s1. The first-order valence-electron chi connectivity index (χ1n) is 10.5. The molecule has 0 bridgehead atoms. The van der Waals surface area contributed by atoms with Crippen LogP contribution in [0.5, 0.6) is 0 Å². The molecule has 27 heavy (non-hydrogen) atoms. The number of hydrogen-bond acceptors (Lipinski definition) is 6. The number of aliphatic hydroxyl groups excluding tert-OH is 4. The minimum atomic E-state index is -1.46. The number of amides is 1. The summed E-state index contributed by atoms with van der Waals surface area (Å²) in [6, 6.07) is 0. The van der Waals surface area contributed by atoms with Gasteiger partial charge in [0.2, 0.25) is 5.91 Å². The third-order valence-corrected chi connectivity index (χ3v) is 5.33. The van der Waals surface area contributed by atoms with Crippen LogP contribution in [0, 0.1) is 0 Å². The van der Waals surface area contributed by atoms with E-state index in [1.165, 1.54) is 56.8 Å². The minimum Gasteiger partial charge on any atom is -0.394 e. The lowest BCUT2D eigenvalue weighted by atomic mass is 9.97. The molecule has 1 aliphatic heterocycles. The number of hydrogen-bond donors (Lipinski definition) is 4. The second-order valence-electron chi connectivity index (χ2n) is 7.61. The zero-order chi connectivity index (χ0) is 20.2. The Bertz CT molecular complexity index is 406. The zero-order valence-electron chi connectivity index (χ0n) is 16.9. The summed E-state index contributed by atoms with van der Waals surface area (Å²) in [6.07, 6.45) is 5.46. The number of rotatable bonds is 13. The lowest BCUT2D eigenvalue weighted by Gasteiger charge is -2.44. The fraction of sp³-hybridized carbons (Fsp3) is 0.950. The number of carbonyl (C=O) groups excluding carboxylic acids is 1. The number of carbonyl (C=O) groups is 1. The summed E-state index contributed by atoms with van der Waals surface area (Å²) < 4.78 is 5.49. The van der Waals surface area contributed by atoms with Gasteiger partial charge in [0, 0.05) is 13.5 Å². The molecule has 7 nitrogen and oxygen atoms in total. The summed E-state index contributed by atoms with van der Waals surface area (Å²) >= 11 is 0. The van der Waals surface area contributed by atoms with Gasteiger partial charge in [-0.05, 0) is 6.42 Å². The fourth-order valence-corrected chi connectivity index (χ4v) is 3.57. The third-order valence-electron chi connectivity index (χ3n) is 5.33. The van der Waals surface area contributed by atoms with Gasteiger partial charge in [0.15, 0.2) is 6.23 Å². The second-order valence-corrected chi connectivity index (χ2v) is 7.61. The normalized spacial score (nSPS) is 28.3. The molecule has 1 saturated heterocycles. The molecule has 1 aliphatic rings. The molecule has 1 heterocycles. The van der Waals surface area contributed by atoms with E-state index >= 15 is 0 Å². The van der Waals surface area contributed by atoms with Crippen LogP contribution >= 0.6 is 0 Å². The van der Waals surface area contributed by atoms with E-state index in [1.54, 1.807) is 0 Å². The van der Waals surface area contributed by atoms with Crippen LogP contribution in [0.25, 0.3) is 0 Å². The van der Waals surface area contributed by atoms with Gasteiger partial charge < -0.3 is 30.1 Å². The molecule has 4 N–H and O–H groups in total. The summed E-state index contributed by atoms with van der Waals surface area (Å²) in [4.78, 5) is 13.4. The van der Waals surface area contributed by atoms with Crippen LogP contribution in [-0.4, -0.2) is 75.0 Å². The molecule has 7 heteroatoms. The van der Waals surface area contributed by atoms with Crippen molar-refractivity contribution in [2.75, 3.05) is 13.2 Å². The first-order valence-corrected chi connectivity index (χ1v) is 10.5. The van der Waals surface area contributed by atoms with E-state index < -0.39 is 37.3 Å². The summed E-state index contributed by atoms with van der Waals surface area (Å²) in [5.41, 5.74) is 0. The van der Waals surface area contributed by atoms with E-state index in [0.717, 1.165) is 19.3 Å². The molecule has 0 aromatic heterocycles. The Hall–Kier alpha value is -0.730. The molecule has 1 fully saturated rings. The molecular weight excluding hydrogens is 350 g/mol. The molecule has 160 valence electrons. The van der Waals surface area contributed by atoms with E-state index in [4.69, 9.17) is 4.74 Å². The van der Waals surface area contributed by atoms with Gasteiger partial charge in [-0.3, -0.25) is 4.79 Å². The van der Waals surface area contributed by atoms with Gasteiger partial charge in [-0.25, -0.2) is 0 Å². The summed E-state index contributed by atoms with van der Waals surface area (Å²) in [7, 11) is 0. The van der Waals surface area contributed by atoms with Gasteiger partial charge in [0.25, 0.3) is 0 Å². The van der Waals surface area contributed by atoms with Gasteiger partial charge in [-0.1, -0.05) is 64.7 Å². The van der Waals surface area contributed by atoms with Crippen LogP contribution in [0.4, 0.5) is 0 Å². The molecule has 1 rings (SSSR count). The Morgan fingerprint density at radius 1 is 0.852 bits per heavy atom. The molecular formula is C20H39NO6. The highest BCUT2D eigenvalue weighted by atomic mass is 16.6. The lowest BCUT2D eigenvalue weighted by molar-refractivity contribution is -0.262. The summed E-state index contributed by atoms with van der Waals surface area (Å²) in [6.45, 7) is 3.52. The Kier molecular flexibility index (Phi) is 12.1. The van der Waals surface area contributed by atoms with Crippen LogP contribution < -0.4 is 0 Å². The lowest BCUT2D eigenvalue weighted by Crippen LogP contribution is -2.64. The summed E-state index contributed by atoms with van der Waals surface area (Å²) in [5.74, 6) is -0.268. The highest BCUT2D eigenvalue weighted by Gasteiger charge is 2.46. The van der Waals surface area contributed by atoms with Gasteiger partial charge in [-0.15, -0.1) is 0 Å². The van der Waals surface area contributed by atoms with Gasteiger partial charge in [0.05, 0.1) is 6.61 Å². The first-order chi connectivity index (χ1) is 12.9. The molecule has 0 aromatic carbocycles. The monoisotopic (exact) mass is 389 g/mol. The van der Waals surface area contributed by atoms with E-state index in [1.807, 2.05) is 0 Å². The van der Waals surface area contributed by atoms with Crippen molar-refractivity contribution in [3.63, 3.8) is 0 Å². The average molecular weight is 390 g/mol. The van der Waals surface area contributed by atoms with Gasteiger partial charge in [-0.2, -0.15) is 0 Å². The van der Waals surface area contributed by atoms with Crippen LogP contribution in [0.1, 0.15) is 78.1 Å². The fourth-order valence-electron chi connectivity index (χ4n) is 3.57. The highest BCUT2D eigenvalue weighted by molar-refractivity contribution is 5.73. The van der Waals surface area contributed by atoms with Crippen molar-refractivity contribution in [3.05, 3.63) is 0 Å². The van der Waals surface area contributed by atoms with Crippen LogP contribution in [-0.2, 0) is 9.53 Å². The van der Waals surface area contributed by atoms with E-state index in [2.05, 4.69) is 6.92 Å². The first kappa shape index (κ1) is 24.3. The van der Waals surface area contributed by atoms with Crippen LogP contribution in [0.3, 0.4) is 0 Å². The van der Waals surface area contributed by atoms with E-state index in [-0.39, 0.29) is 5.91 Å². The molecule has 1 amide bonds. The van der Waals surface area contributed by atoms with Gasteiger partial charge in [0.1, 0.15) is 24.4 Å². The van der Waals surface area contributed by atoms with Crippen molar-refractivity contribution < 1.29 is 30.0 Å². The smallest absolute Gasteiger partial charge is 0.221 e. The Balaban J connectivity index is 2.34. The molecule has 0 saturated carbocycles. The largest absolute Gasteiger partial charge is 0.394 e. The second kappa shape index (κ2) is 13.4. The molecule has 0 spiro atoms. The Morgan fingerprint density at radius 3 is 1.85 bits per heavy atom. The maximum atomic E-state index is 12.0. The number of aliphatic hydroxyl groups is 4. The summed E-state index contributed by atoms with van der Waals surface area (Å²) in [5, 5.41) is 39.3. The minimum absolute atomic E-state index is 0.268. The van der Waals surface area contributed by atoms with E-state index in [0.29, 0.717) is 6.54 Å². The number of unbranched alkanes of at least 4 members (excludes halogenated alkanes) is 9. The van der Waals surface area contributed by atoms with Gasteiger partial charge >= 0.3 is 0 Å². The van der Waals surface area contributed by atoms with Crippen LogP contribution in [0.15, 0.2) is 0 Å². The van der Waals surface area contributed by atoms with Crippen molar-refractivity contribution >= 4 is 5.91 Å². The zero-order valence-corrected chi connectivity index (χ0v) is 16.9. The number of ether oxygens (including phenoxy) is 1. The topological polar surface area (TPSA) is 110 Å². The molecule has 0 radical (unpaired) electrons. The van der Waals surface area contributed by atoms with Crippen molar-refractivity contribution in [3.8, 4) is 0 Å². The Morgan fingerprint density at radius 2 is 1.37 bits per heavy atom. The predicted octanol–water partition coefficient (Wildman–Crippen LogP) is 1.56. The third kappa shape index (κ3) is 8.03. The van der Waals surface area contributed by atoms with Crippen molar-refractivity contribution in [2.45, 2.75) is 109 Å². The molecule has 1 unspecified atom stereocenters. The van der Waals surface area contributed by atoms with Crippen LogP contribution in [0.2, 0.25) is 0 Å².